The molecule has 14 heavy (non-hydrogen) atoms. The van der Waals surface area contributed by atoms with Gasteiger partial charge in [-0.15, -0.1) is 0 Å². The molecule has 2 aliphatic heterocycles. The zero-order valence-corrected chi connectivity index (χ0v) is 9.52. The Morgan fingerprint density at radius 3 is 2.79 bits per heavy atom. The van der Waals surface area contributed by atoms with Crippen molar-refractivity contribution in [1.82, 2.24) is 5.32 Å². The number of fused-ring (bicyclic) bond motifs is 2. The Morgan fingerprint density at radius 2 is 2.14 bits per heavy atom. The summed E-state index contributed by atoms with van der Waals surface area (Å²) in [6, 6.07) is 0.462. The molecule has 2 unspecified atom stereocenters. The van der Waals surface area contributed by atoms with E-state index in [-0.39, 0.29) is 11.0 Å². The van der Waals surface area contributed by atoms with Gasteiger partial charge < -0.3 is 5.32 Å². The number of carbonyl (C=O) groups excluding carboxylic acids is 1. The van der Waals surface area contributed by atoms with Crippen LogP contribution in [0.3, 0.4) is 0 Å². The van der Waals surface area contributed by atoms with Crippen molar-refractivity contribution in [2.24, 2.45) is 5.41 Å². The van der Waals surface area contributed by atoms with E-state index in [2.05, 4.69) is 26.1 Å². The van der Waals surface area contributed by atoms with Gasteiger partial charge in [0, 0.05) is 24.4 Å². The quantitative estimate of drug-likeness (QED) is 0.642. The van der Waals surface area contributed by atoms with E-state index in [9.17, 15) is 4.79 Å². The third-order valence-corrected chi connectivity index (χ3v) is 4.05. The lowest BCUT2D eigenvalue weighted by atomic mass is 9.63. The minimum absolute atomic E-state index is 0.0885. The van der Waals surface area contributed by atoms with Crippen LogP contribution in [0.1, 0.15) is 52.9 Å². The molecule has 0 saturated carbocycles. The molecule has 2 heteroatoms. The molecule has 2 fully saturated rings. The van der Waals surface area contributed by atoms with Gasteiger partial charge >= 0.3 is 0 Å². The molecular formula is C12H21NO. The van der Waals surface area contributed by atoms with E-state index in [1.165, 1.54) is 19.3 Å². The number of nitrogens with one attached hydrogen (secondary N) is 1. The number of hydrogen-bond acceptors (Lipinski definition) is 2. The molecule has 2 aliphatic rings. The molecule has 0 aromatic carbocycles. The Kier molecular flexibility index (Phi) is 2.22. The average Bonchev–Trinajstić information content (AvgIpc) is 2.00. The minimum Gasteiger partial charge on any atom is -0.307 e. The number of carbonyl (C=O) groups is 1. The summed E-state index contributed by atoms with van der Waals surface area (Å²) in [5.74, 6) is 0.461. The van der Waals surface area contributed by atoms with Gasteiger partial charge in [-0.25, -0.2) is 0 Å². The van der Waals surface area contributed by atoms with Crippen LogP contribution in [0.5, 0.6) is 0 Å². The van der Waals surface area contributed by atoms with Crippen molar-refractivity contribution < 1.29 is 4.79 Å². The van der Waals surface area contributed by atoms with Gasteiger partial charge in [-0.1, -0.05) is 27.2 Å². The van der Waals surface area contributed by atoms with Gasteiger partial charge in [0.15, 0.2) is 0 Å². The number of Topliss-reactive ketones (excluding diaryl/α,β-unsaturated/α-hetero) is 1. The third-order valence-electron chi connectivity index (χ3n) is 4.05. The molecule has 0 aromatic rings. The van der Waals surface area contributed by atoms with Gasteiger partial charge in [0.05, 0.1) is 0 Å². The van der Waals surface area contributed by atoms with Crippen LogP contribution >= 0.6 is 0 Å². The van der Waals surface area contributed by atoms with Crippen LogP contribution in [-0.4, -0.2) is 17.4 Å². The van der Waals surface area contributed by atoms with Gasteiger partial charge in [-0.2, -0.15) is 0 Å². The fourth-order valence-electron chi connectivity index (χ4n) is 3.02. The lowest BCUT2D eigenvalue weighted by Crippen LogP contribution is -2.64. The molecule has 1 N–H and O–H groups in total. The maximum Gasteiger partial charge on any atom is 0.136 e. The molecule has 2 saturated heterocycles. The SMILES string of the molecule is CC(C)(C)C12CCCC(CC(=O)C1)N2. The number of ketones is 1. The Hall–Kier alpha value is -0.370. The average molecular weight is 195 g/mol. The first-order valence-electron chi connectivity index (χ1n) is 5.72. The normalized spacial score (nSPS) is 38.5. The van der Waals surface area contributed by atoms with E-state index in [4.69, 9.17) is 0 Å². The molecule has 2 nitrogen and oxygen atoms in total. The van der Waals surface area contributed by atoms with Crippen LogP contribution in [0.25, 0.3) is 0 Å². The first kappa shape index (κ1) is 10.2. The maximum absolute atomic E-state index is 11.7. The van der Waals surface area contributed by atoms with E-state index < -0.39 is 0 Å². The van der Waals surface area contributed by atoms with Crippen LogP contribution in [-0.2, 0) is 4.79 Å². The first-order valence-corrected chi connectivity index (χ1v) is 5.72. The maximum atomic E-state index is 11.7. The Balaban J connectivity index is 2.27. The second-order valence-electron chi connectivity index (χ2n) is 5.99. The molecule has 2 atom stereocenters. The second kappa shape index (κ2) is 3.06. The predicted octanol–water partition coefficient (Wildman–Crippen LogP) is 2.28. The second-order valence-corrected chi connectivity index (χ2v) is 5.99. The van der Waals surface area contributed by atoms with Crippen molar-refractivity contribution in [3.05, 3.63) is 0 Å². The van der Waals surface area contributed by atoms with Gasteiger partial charge in [-0.3, -0.25) is 4.79 Å². The van der Waals surface area contributed by atoms with Crippen molar-refractivity contribution in [3.63, 3.8) is 0 Å². The summed E-state index contributed by atoms with van der Waals surface area (Å²) in [7, 11) is 0. The summed E-state index contributed by atoms with van der Waals surface area (Å²) in [5, 5.41) is 3.72. The van der Waals surface area contributed by atoms with E-state index in [1.807, 2.05) is 0 Å². The molecule has 0 aromatic heterocycles. The number of rotatable bonds is 0. The van der Waals surface area contributed by atoms with E-state index in [0.29, 0.717) is 11.8 Å². The molecule has 2 heterocycles. The van der Waals surface area contributed by atoms with E-state index in [1.54, 1.807) is 0 Å². The zero-order chi connectivity index (χ0) is 10.4. The smallest absolute Gasteiger partial charge is 0.136 e. The molecule has 0 spiro atoms. The van der Waals surface area contributed by atoms with Crippen molar-refractivity contribution in [2.75, 3.05) is 0 Å². The van der Waals surface area contributed by atoms with Crippen molar-refractivity contribution in [1.29, 1.82) is 0 Å². The highest BCUT2D eigenvalue weighted by Gasteiger charge is 2.48. The Labute approximate surface area is 86.5 Å². The van der Waals surface area contributed by atoms with Gasteiger partial charge in [0.1, 0.15) is 5.78 Å². The Morgan fingerprint density at radius 1 is 1.43 bits per heavy atom. The lowest BCUT2D eigenvalue weighted by Gasteiger charge is -2.53. The molecule has 2 bridgehead atoms. The van der Waals surface area contributed by atoms with Gasteiger partial charge in [0.25, 0.3) is 0 Å². The summed E-state index contributed by atoms with van der Waals surface area (Å²) in [6.45, 7) is 6.75. The largest absolute Gasteiger partial charge is 0.307 e. The standard InChI is InChI=1S/C12H21NO/c1-11(2,3)12-6-4-5-9(13-12)7-10(14)8-12/h9,13H,4-8H2,1-3H3. The van der Waals surface area contributed by atoms with Gasteiger partial charge in [0.2, 0.25) is 0 Å². The fraction of sp³-hybridized carbons (Fsp3) is 0.917. The molecule has 0 aliphatic carbocycles. The fourth-order valence-corrected chi connectivity index (χ4v) is 3.02. The highest BCUT2D eigenvalue weighted by molar-refractivity contribution is 5.81. The first-order chi connectivity index (χ1) is 6.43. The Bertz CT molecular complexity index is 254. The third kappa shape index (κ3) is 1.50. The summed E-state index contributed by atoms with van der Waals surface area (Å²) in [6.07, 6.45) is 5.13. The number of piperidine rings is 2. The predicted molar refractivity (Wildman–Crippen MR) is 57.2 cm³/mol. The molecule has 80 valence electrons. The van der Waals surface area contributed by atoms with Crippen molar-refractivity contribution in [2.45, 2.75) is 64.5 Å². The van der Waals surface area contributed by atoms with Crippen LogP contribution in [0, 0.1) is 5.41 Å². The van der Waals surface area contributed by atoms with Crippen LogP contribution < -0.4 is 5.32 Å². The lowest BCUT2D eigenvalue weighted by molar-refractivity contribution is -0.127. The topological polar surface area (TPSA) is 29.1 Å². The molecule has 2 rings (SSSR count). The van der Waals surface area contributed by atoms with Crippen LogP contribution in [0.4, 0.5) is 0 Å². The highest BCUT2D eigenvalue weighted by Crippen LogP contribution is 2.43. The van der Waals surface area contributed by atoms with Crippen molar-refractivity contribution >= 4 is 5.78 Å². The zero-order valence-electron chi connectivity index (χ0n) is 9.52. The van der Waals surface area contributed by atoms with Crippen molar-refractivity contribution in [3.8, 4) is 0 Å². The van der Waals surface area contributed by atoms with E-state index in [0.717, 1.165) is 12.8 Å². The highest BCUT2D eigenvalue weighted by atomic mass is 16.1. The van der Waals surface area contributed by atoms with E-state index >= 15 is 0 Å². The summed E-state index contributed by atoms with van der Waals surface area (Å²) in [5.41, 5.74) is 0.285. The molecule has 0 radical (unpaired) electrons. The van der Waals surface area contributed by atoms with Gasteiger partial charge in [-0.05, 0) is 18.3 Å². The number of hydrogen-bond donors (Lipinski definition) is 1. The summed E-state index contributed by atoms with van der Waals surface area (Å²) >= 11 is 0. The molecule has 0 amide bonds. The summed E-state index contributed by atoms with van der Waals surface area (Å²) in [4.78, 5) is 11.7. The minimum atomic E-state index is 0.0885. The molecular weight excluding hydrogens is 174 g/mol. The monoisotopic (exact) mass is 195 g/mol. The summed E-state index contributed by atoms with van der Waals surface area (Å²) < 4.78 is 0. The van der Waals surface area contributed by atoms with Crippen LogP contribution in [0.15, 0.2) is 0 Å². The van der Waals surface area contributed by atoms with Crippen LogP contribution in [0.2, 0.25) is 0 Å².